The molecular weight excluding hydrogens is 380 g/mol. The van der Waals surface area contributed by atoms with Gasteiger partial charge in [-0.05, 0) is 32.9 Å². The predicted octanol–water partition coefficient (Wildman–Crippen LogP) is 4.37. The molecule has 0 bridgehead atoms. The van der Waals surface area contributed by atoms with Crippen molar-refractivity contribution in [3.05, 3.63) is 64.5 Å². The minimum absolute atomic E-state index is 0.0367. The van der Waals surface area contributed by atoms with Gasteiger partial charge in [0.05, 0.1) is 0 Å². The van der Waals surface area contributed by atoms with E-state index in [4.69, 9.17) is 9.15 Å². The van der Waals surface area contributed by atoms with Crippen LogP contribution in [0.4, 0.5) is 8.78 Å². The van der Waals surface area contributed by atoms with E-state index in [-0.39, 0.29) is 33.8 Å². The maximum Gasteiger partial charge on any atom is 0.336 e. The Labute approximate surface area is 166 Å². The summed E-state index contributed by atoms with van der Waals surface area (Å²) in [6.45, 7) is 6.21. The number of amides is 1. The lowest BCUT2D eigenvalue weighted by Crippen LogP contribution is -2.40. The summed E-state index contributed by atoms with van der Waals surface area (Å²) in [5, 5.41) is 0.224. The number of fused-ring (bicyclic) bond motifs is 1. The molecule has 0 aliphatic heterocycles. The van der Waals surface area contributed by atoms with Crippen molar-refractivity contribution in [3.63, 3.8) is 0 Å². The summed E-state index contributed by atoms with van der Waals surface area (Å²) in [6.07, 6.45) is -0.927. The third kappa shape index (κ3) is 4.13. The van der Waals surface area contributed by atoms with Crippen LogP contribution < -0.4 is 10.4 Å². The van der Waals surface area contributed by atoms with E-state index in [1.54, 1.807) is 11.0 Å². The van der Waals surface area contributed by atoms with Crippen LogP contribution in [0.15, 0.2) is 51.7 Å². The number of rotatable bonds is 6. The first kappa shape index (κ1) is 20.5. The molecule has 152 valence electrons. The van der Waals surface area contributed by atoms with Crippen LogP contribution in [0.2, 0.25) is 0 Å². The van der Waals surface area contributed by atoms with Crippen LogP contribution in [0.5, 0.6) is 5.75 Å². The Balaban J connectivity index is 2.05. The number of carbonyl (C=O) groups excluding carboxylic acids is 1. The SMILES string of the molecule is CCN(CC)C(=O)[C@@H](C)Oc1cc2oc(=O)cc(-c3ccccc3F)c2cc1F. The highest BCUT2D eigenvalue weighted by molar-refractivity contribution is 5.94. The van der Waals surface area contributed by atoms with Gasteiger partial charge in [-0.1, -0.05) is 18.2 Å². The van der Waals surface area contributed by atoms with Crippen LogP contribution in [0.1, 0.15) is 20.8 Å². The number of ether oxygens (including phenoxy) is 1. The fourth-order valence-electron chi connectivity index (χ4n) is 3.19. The van der Waals surface area contributed by atoms with Crippen LogP contribution in [0, 0.1) is 11.6 Å². The lowest BCUT2D eigenvalue weighted by molar-refractivity contribution is -0.137. The smallest absolute Gasteiger partial charge is 0.336 e. The summed E-state index contributed by atoms with van der Waals surface area (Å²) in [4.78, 5) is 25.9. The maximum atomic E-state index is 14.7. The standard InChI is InChI=1S/C22H21F2NO4/c1-4-25(5-2)22(27)13(3)28-20-12-19-16(10-18(20)24)15(11-21(26)29-19)14-8-6-7-9-17(14)23/h6-13H,4-5H2,1-3H3/t13-/m1/s1. The van der Waals surface area contributed by atoms with Crippen molar-refractivity contribution in [2.75, 3.05) is 13.1 Å². The van der Waals surface area contributed by atoms with Crippen molar-refractivity contribution in [3.8, 4) is 16.9 Å². The minimum Gasteiger partial charge on any atom is -0.478 e. The van der Waals surface area contributed by atoms with Crippen LogP contribution >= 0.6 is 0 Å². The molecule has 7 heteroatoms. The molecule has 3 aromatic rings. The summed E-state index contributed by atoms with van der Waals surface area (Å²) < 4.78 is 39.6. The Morgan fingerprint density at radius 1 is 1.07 bits per heavy atom. The van der Waals surface area contributed by atoms with E-state index < -0.39 is 23.4 Å². The van der Waals surface area contributed by atoms with Gasteiger partial charge in [0, 0.05) is 41.7 Å². The molecule has 0 saturated heterocycles. The van der Waals surface area contributed by atoms with E-state index in [1.165, 1.54) is 31.2 Å². The van der Waals surface area contributed by atoms with Gasteiger partial charge < -0.3 is 14.1 Å². The molecule has 1 atom stereocenters. The molecule has 0 saturated carbocycles. The summed E-state index contributed by atoms with van der Waals surface area (Å²) in [6, 6.07) is 9.33. The number of halogens is 2. The zero-order chi connectivity index (χ0) is 21.1. The summed E-state index contributed by atoms with van der Waals surface area (Å²) >= 11 is 0. The monoisotopic (exact) mass is 401 g/mol. The first-order chi connectivity index (χ1) is 13.8. The highest BCUT2D eigenvalue weighted by atomic mass is 19.1. The van der Waals surface area contributed by atoms with Gasteiger partial charge in [-0.25, -0.2) is 13.6 Å². The molecule has 0 aliphatic carbocycles. The molecule has 3 rings (SSSR count). The molecule has 0 spiro atoms. The first-order valence-electron chi connectivity index (χ1n) is 9.33. The molecule has 0 aliphatic rings. The maximum absolute atomic E-state index is 14.7. The van der Waals surface area contributed by atoms with Crippen LogP contribution in [0.25, 0.3) is 22.1 Å². The lowest BCUT2D eigenvalue weighted by atomic mass is 10.0. The second kappa shape index (κ2) is 8.43. The molecule has 29 heavy (non-hydrogen) atoms. The number of likely N-dealkylation sites (N-methyl/N-ethyl adjacent to an activating group) is 1. The average molecular weight is 401 g/mol. The van der Waals surface area contributed by atoms with E-state index in [0.29, 0.717) is 13.1 Å². The number of hydrogen-bond donors (Lipinski definition) is 0. The van der Waals surface area contributed by atoms with Crippen molar-refractivity contribution >= 4 is 16.9 Å². The molecule has 0 radical (unpaired) electrons. The molecule has 0 unspecified atom stereocenters. The van der Waals surface area contributed by atoms with E-state index in [9.17, 15) is 18.4 Å². The molecule has 0 N–H and O–H groups in total. The number of nitrogens with zero attached hydrogens (tertiary/aromatic N) is 1. The number of benzene rings is 2. The van der Waals surface area contributed by atoms with Crippen LogP contribution in [0.3, 0.4) is 0 Å². The van der Waals surface area contributed by atoms with Crippen LogP contribution in [-0.2, 0) is 4.79 Å². The van der Waals surface area contributed by atoms with Crippen molar-refractivity contribution in [2.24, 2.45) is 0 Å². The summed E-state index contributed by atoms with van der Waals surface area (Å²) in [5.74, 6) is -1.79. The second-order valence-electron chi connectivity index (χ2n) is 6.51. The molecule has 0 fully saturated rings. The topological polar surface area (TPSA) is 59.8 Å². The Morgan fingerprint density at radius 3 is 2.41 bits per heavy atom. The van der Waals surface area contributed by atoms with Gasteiger partial charge in [-0.2, -0.15) is 0 Å². The van der Waals surface area contributed by atoms with Gasteiger partial charge in [-0.3, -0.25) is 4.79 Å². The Bertz CT molecular complexity index is 1110. The van der Waals surface area contributed by atoms with E-state index >= 15 is 0 Å². The molecule has 1 aromatic heterocycles. The Morgan fingerprint density at radius 2 is 1.76 bits per heavy atom. The summed E-state index contributed by atoms with van der Waals surface area (Å²) in [5.41, 5.74) is -0.300. The van der Waals surface area contributed by atoms with Crippen molar-refractivity contribution in [1.29, 1.82) is 0 Å². The Hall–Kier alpha value is -3.22. The molecule has 2 aromatic carbocycles. The van der Waals surface area contributed by atoms with Crippen molar-refractivity contribution in [1.82, 2.24) is 4.90 Å². The lowest BCUT2D eigenvalue weighted by Gasteiger charge is -2.23. The highest BCUT2D eigenvalue weighted by Gasteiger charge is 2.22. The van der Waals surface area contributed by atoms with E-state index in [1.807, 2.05) is 13.8 Å². The zero-order valence-electron chi connectivity index (χ0n) is 16.4. The third-order valence-electron chi connectivity index (χ3n) is 4.69. The normalized spacial score (nSPS) is 12.0. The minimum atomic E-state index is -0.927. The highest BCUT2D eigenvalue weighted by Crippen LogP contribution is 2.33. The van der Waals surface area contributed by atoms with Gasteiger partial charge >= 0.3 is 5.63 Å². The Kier molecular flexibility index (Phi) is 5.96. The number of hydrogen-bond acceptors (Lipinski definition) is 4. The third-order valence-corrected chi connectivity index (χ3v) is 4.69. The van der Waals surface area contributed by atoms with Gasteiger partial charge in [0.1, 0.15) is 11.4 Å². The molecule has 1 heterocycles. The van der Waals surface area contributed by atoms with Gasteiger partial charge in [-0.15, -0.1) is 0 Å². The van der Waals surface area contributed by atoms with E-state index in [0.717, 1.165) is 12.1 Å². The first-order valence-corrected chi connectivity index (χ1v) is 9.33. The average Bonchev–Trinajstić information content (AvgIpc) is 2.69. The molecule has 5 nitrogen and oxygen atoms in total. The number of carbonyl (C=O) groups is 1. The fourth-order valence-corrected chi connectivity index (χ4v) is 3.19. The van der Waals surface area contributed by atoms with Gasteiger partial charge in [0.25, 0.3) is 5.91 Å². The predicted molar refractivity (Wildman–Crippen MR) is 106 cm³/mol. The summed E-state index contributed by atoms with van der Waals surface area (Å²) in [7, 11) is 0. The quantitative estimate of drug-likeness (QED) is 0.576. The zero-order valence-corrected chi connectivity index (χ0v) is 16.4. The van der Waals surface area contributed by atoms with Gasteiger partial charge in [0.2, 0.25) is 0 Å². The van der Waals surface area contributed by atoms with Crippen LogP contribution in [-0.4, -0.2) is 30.0 Å². The van der Waals surface area contributed by atoms with Gasteiger partial charge in [0.15, 0.2) is 17.7 Å². The second-order valence-corrected chi connectivity index (χ2v) is 6.51. The largest absolute Gasteiger partial charge is 0.478 e. The molecular formula is C22H21F2NO4. The molecule has 1 amide bonds. The fraction of sp³-hybridized carbons (Fsp3) is 0.273. The van der Waals surface area contributed by atoms with Crippen molar-refractivity contribution in [2.45, 2.75) is 26.9 Å². The van der Waals surface area contributed by atoms with E-state index in [2.05, 4.69) is 0 Å². The van der Waals surface area contributed by atoms with Crippen molar-refractivity contribution < 1.29 is 22.7 Å².